The van der Waals surface area contributed by atoms with E-state index in [2.05, 4.69) is 15.6 Å². The van der Waals surface area contributed by atoms with Crippen LogP contribution in [0.25, 0.3) is 0 Å². The van der Waals surface area contributed by atoms with E-state index in [4.69, 9.17) is 11.6 Å². The fraction of sp³-hybridized carbons (Fsp3) is 0.333. The second-order valence-electron chi connectivity index (χ2n) is 10.3. The SMILES string of the molecule is Cc1ccccc1CNC(=O)[C@H]1N(C(=O)[C@@H](O)C(Cc2ccccc2)NC(=O)c2ccncc2Cl)CSC1(C)C. The Morgan fingerprint density at radius 2 is 1.82 bits per heavy atom. The lowest BCUT2D eigenvalue weighted by Crippen LogP contribution is -2.58. The largest absolute Gasteiger partial charge is 0.381 e. The first-order valence-electron chi connectivity index (χ1n) is 13.0. The van der Waals surface area contributed by atoms with Crippen LogP contribution in [0.15, 0.2) is 73.1 Å². The lowest BCUT2D eigenvalue weighted by molar-refractivity contribution is -0.147. The molecule has 4 rings (SSSR count). The molecule has 1 fully saturated rings. The third-order valence-electron chi connectivity index (χ3n) is 7.06. The number of thioether (sulfide) groups is 1. The third-order valence-corrected chi connectivity index (χ3v) is 8.73. The molecule has 2 aromatic carbocycles. The van der Waals surface area contributed by atoms with E-state index in [-0.39, 0.29) is 28.8 Å². The zero-order valence-corrected chi connectivity index (χ0v) is 24.2. The van der Waals surface area contributed by atoms with Crippen LogP contribution in [-0.4, -0.2) is 61.5 Å². The van der Waals surface area contributed by atoms with Crippen molar-refractivity contribution in [3.8, 4) is 0 Å². The number of hydrogen-bond donors (Lipinski definition) is 3. The smallest absolute Gasteiger partial charge is 0.254 e. The third kappa shape index (κ3) is 6.83. The summed E-state index contributed by atoms with van der Waals surface area (Å²) in [6.07, 6.45) is 1.38. The molecule has 0 saturated carbocycles. The highest BCUT2D eigenvalue weighted by Gasteiger charge is 2.49. The van der Waals surface area contributed by atoms with Gasteiger partial charge in [0.15, 0.2) is 6.10 Å². The zero-order chi connectivity index (χ0) is 28.9. The van der Waals surface area contributed by atoms with Gasteiger partial charge in [-0.2, -0.15) is 0 Å². The number of aliphatic hydroxyl groups is 1. The van der Waals surface area contributed by atoms with E-state index in [1.165, 1.54) is 35.1 Å². The summed E-state index contributed by atoms with van der Waals surface area (Å²) in [7, 11) is 0. The summed E-state index contributed by atoms with van der Waals surface area (Å²) in [6.45, 7) is 6.12. The molecule has 210 valence electrons. The molecule has 1 saturated heterocycles. The molecule has 1 unspecified atom stereocenters. The Labute approximate surface area is 243 Å². The Hall–Kier alpha value is -3.40. The van der Waals surface area contributed by atoms with E-state index in [9.17, 15) is 19.5 Å². The Morgan fingerprint density at radius 3 is 2.52 bits per heavy atom. The molecule has 1 aliphatic heterocycles. The van der Waals surface area contributed by atoms with Crippen LogP contribution in [0.4, 0.5) is 0 Å². The average Bonchev–Trinajstić information content (AvgIpc) is 3.26. The molecule has 8 nitrogen and oxygen atoms in total. The summed E-state index contributed by atoms with van der Waals surface area (Å²) in [5, 5.41) is 17.3. The highest BCUT2D eigenvalue weighted by molar-refractivity contribution is 8.00. The van der Waals surface area contributed by atoms with Crippen molar-refractivity contribution in [1.82, 2.24) is 20.5 Å². The number of rotatable bonds is 9. The molecule has 0 bridgehead atoms. The molecule has 3 N–H and O–H groups in total. The molecule has 2 heterocycles. The Morgan fingerprint density at radius 1 is 1.12 bits per heavy atom. The first-order chi connectivity index (χ1) is 19.1. The number of carbonyl (C=O) groups is 3. The van der Waals surface area contributed by atoms with Crippen LogP contribution >= 0.6 is 23.4 Å². The summed E-state index contributed by atoms with van der Waals surface area (Å²) in [5.41, 5.74) is 3.04. The van der Waals surface area contributed by atoms with Gasteiger partial charge >= 0.3 is 0 Å². The highest BCUT2D eigenvalue weighted by atomic mass is 35.5. The number of halogens is 1. The number of pyridine rings is 1. The maximum atomic E-state index is 13.8. The van der Waals surface area contributed by atoms with Gasteiger partial charge in [-0.05, 0) is 49.9 Å². The maximum Gasteiger partial charge on any atom is 0.254 e. The summed E-state index contributed by atoms with van der Waals surface area (Å²) in [5.74, 6) is -1.24. The highest BCUT2D eigenvalue weighted by Crippen LogP contribution is 2.40. The summed E-state index contributed by atoms with van der Waals surface area (Å²) < 4.78 is -0.589. The lowest BCUT2D eigenvalue weighted by atomic mass is 9.97. The summed E-state index contributed by atoms with van der Waals surface area (Å²) in [4.78, 5) is 45.7. The van der Waals surface area contributed by atoms with Crippen LogP contribution in [0.5, 0.6) is 0 Å². The minimum Gasteiger partial charge on any atom is -0.381 e. The van der Waals surface area contributed by atoms with Crippen molar-refractivity contribution >= 4 is 41.1 Å². The molecule has 1 aliphatic rings. The van der Waals surface area contributed by atoms with Crippen LogP contribution in [0.3, 0.4) is 0 Å². The van der Waals surface area contributed by atoms with Gasteiger partial charge in [0.2, 0.25) is 5.91 Å². The topological polar surface area (TPSA) is 112 Å². The van der Waals surface area contributed by atoms with Crippen LogP contribution in [-0.2, 0) is 22.6 Å². The zero-order valence-electron chi connectivity index (χ0n) is 22.6. The average molecular weight is 581 g/mol. The number of nitrogens with zero attached hydrogens (tertiary/aromatic N) is 2. The van der Waals surface area contributed by atoms with Crippen molar-refractivity contribution in [2.24, 2.45) is 0 Å². The van der Waals surface area contributed by atoms with Gasteiger partial charge in [0, 0.05) is 23.7 Å². The number of nitrogens with one attached hydrogen (secondary N) is 2. The van der Waals surface area contributed by atoms with Crippen LogP contribution in [0.2, 0.25) is 5.02 Å². The minimum atomic E-state index is -1.61. The second kappa shape index (κ2) is 12.8. The predicted octanol–water partition coefficient (Wildman–Crippen LogP) is 3.74. The van der Waals surface area contributed by atoms with Gasteiger partial charge in [-0.25, -0.2) is 0 Å². The van der Waals surface area contributed by atoms with E-state index in [1.807, 2.05) is 75.4 Å². The van der Waals surface area contributed by atoms with E-state index in [0.29, 0.717) is 6.54 Å². The van der Waals surface area contributed by atoms with Gasteiger partial charge in [0.05, 0.1) is 22.5 Å². The number of aryl methyl sites for hydroxylation is 1. The molecule has 10 heteroatoms. The molecule has 0 aliphatic carbocycles. The van der Waals surface area contributed by atoms with Gasteiger partial charge < -0.3 is 20.6 Å². The van der Waals surface area contributed by atoms with Gasteiger partial charge in [-0.15, -0.1) is 11.8 Å². The van der Waals surface area contributed by atoms with E-state index >= 15 is 0 Å². The maximum absolute atomic E-state index is 13.8. The van der Waals surface area contributed by atoms with Crippen molar-refractivity contribution < 1.29 is 19.5 Å². The van der Waals surface area contributed by atoms with E-state index < -0.39 is 34.7 Å². The quantitative estimate of drug-likeness (QED) is 0.355. The number of carbonyl (C=O) groups excluding carboxylic acids is 3. The molecule has 40 heavy (non-hydrogen) atoms. The Balaban J connectivity index is 1.55. The first-order valence-corrected chi connectivity index (χ1v) is 14.3. The van der Waals surface area contributed by atoms with Crippen molar-refractivity contribution in [3.05, 3.63) is 100 Å². The summed E-state index contributed by atoms with van der Waals surface area (Å²) in [6, 6.07) is 16.7. The van der Waals surface area contributed by atoms with Crippen LogP contribution in [0.1, 0.15) is 40.9 Å². The van der Waals surface area contributed by atoms with Gasteiger partial charge in [-0.1, -0.05) is 66.2 Å². The lowest BCUT2D eigenvalue weighted by Gasteiger charge is -2.33. The molecule has 0 radical (unpaired) electrons. The van der Waals surface area contributed by atoms with Crippen molar-refractivity contribution in [3.63, 3.8) is 0 Å². The summed E-state index contributed by atoms with van der Waals surface area (Å²) >= 11 is 7.63. The van der Waals surface area contributed by atoms with Gasteiger partial charge in [0.1, 0.15) is 6.04 Å². The molecule has 0 spiro atoms. The molecule has 3 aromatic rings. The van der Waals surface area contributed by atoms with Crippen LogP contribution < -0.4 is 10.6 Å². The molecular formula is C30H33ClN4O4S. The standard InChI is InChI=1S/C30H33ClN4O4S/c1-19-9-7-8-12-21(19)16-33-28(38)26-30(2,3)40-18-35(26)29(39)25(36)24(15-20-10-5-4-6-11-20)34-27(37)22-13-14-32-17-23(22)31/h4-14,17,24-26,36H,15-16,18H2,1-3H3,(H,33,38)(H,34,37)/t24?,25-,26+/m0/s1. The Kier molecular flexibility index (Phi) is 9.50. The number of amides is 3. The monoisotopic (exact) mass is 580 g/mol. The minimum absolute atomic E-state index is 0.155. The number of aliphatic hydroxyl groups excluding tert-OH is 1. The normalized spacial score (nSPS) is 17.6. The van der Waals surface area contributed by atoms with Crippen molar-refractivity contribution in [2.45, 2.75) is 56.7 Å². The van der Waals surface area contributed by atoms with Gasteiger partial charge in [-0.3, -0.25) is 19.4 Å². The first kappa shape index (κ1) is 29.6. The van der Waals surface area contributed by atoms with Crippen LogP contribution in [0, 0.1) is 6.92 Å². The second-order valence-corrected chi connectivity index (χ2v) is 12.3. The number of benzene rings is 2. The molecule has 1 aromatic heterocycles. The molecular weight excluding hydrogens is 548 g/mol. The predicted molar refractivity (Wildman–Crippen MR) is 157 cm³/mol. The van der Waals surface area contributed by atoms with Crippen molar-refractivity contribution in [2.75, 3.05) is 5.88 Å². The number of hydrogen-bond acceptors (Lipinski definition) is 6. The molecule has 3 amide bonds. The van der Waals surface area contributed by atoms with Gasteiger partial charge in [0.25, 0.3) is 11.8 Å². The fourth-order valence-corrected chi connectivity index (χ4v) is 6.10. The fourth-order valence-electron chi connectivity index (χ4n) is 4.76. The van der Waals surface area contributed by atoms with Crippen molar-refractivity contribution in [1.29, 1.82) is 0 Å². The number of aromatic nitrogens is 1. The van der Waals surface area contributed by atoms with E-state index in [1.54, 1.807) is 0 Å². The molecule has 3 atom stereocenters. The Bertz CT molecular complexity index is 1370. The van der Waals surface area contributed by atoms with E-state index in [0.717, 1.165) is 16.7 Å².